The lowest BCUT2D eigenvalue weighted by molar-refractivity contribution is 0.112. The van der Waals surface area contributed by atoms with Crippen LogP contribution in [0.1, 0.15) is 41.7 Å². The number of piperidine rings is 1. The number of nitrogens with one attached hydrogen (secondary N) is 1. The minimum atomic E-state index is 0.241. The van der Waals surface area contributed by atoms with Crippen LogP contribution < -0.4 is 11.1 Å². The highest BCUT2D eigenvalue weighted by atomic mass is 16.1. The van der Waals surface area contributed by atoms with Crippen molar-refractivity contribution in [1.82, 2.24) is 5.32 Å². The molecule has 1 aliphatic heterocycles. The summed E-state index contributed by atoms with van der Waals surface area (Å²) in [7, 11) is 0. The number of hydrogen-bond acceptors (Lipinski definition) is 3. The van der Waals surface area contributed by atoms with Crippen LogP contribution in [0.5, 0.6) is 0 Å². The molecule has 0 spiro atoms. The summed E-state index contributed by atoms with van der Waals surface area (Å²) in [5, 5.41) is 3.49. The second kappa shape index (κ2) is 4.76. The van der Waals surface area contributed by atoms with Crippen LogP contribution >= 0.6 is 0 Å². The summed E-state index contributed by atoms with van der Waals surface area (Å²) in [4.78, 5) is 10.7. The SMILES string of the molecule is CC1NC(c2cccc(C=O)c2)CCC1N. The van der Waals surface area contributed by atoms with Crippen molar-refractivity contribution in [2.45, 2.75) is 37.9 Å². The summed E-state index contributed by atoms with van der Waals surface area (Å²) < 4.78 is 0. The Bertz CT molecular complexity index is 378. The monoisotopic (exact) mass is 218 g/mol. The molecule has 0 saturated carbocycles. The topological polar surface area (TPSA) is 55.1 Å². The summed E-state index contributed by atoms with van der Waals surface area (Å²) in [6.07, 6.45) is 2.96. The van der Waals surface area contributed by atoms with E-state index in [0.717, 1.165) is 24.7 Å². The molecule has 1 fully saturated rings. The van der Waals surface area contributed by atoms with Crippen LogP contribution in [-0.4, -0.2) is 18.4 Å². The molecule has 0 aliphatic carbocycles. The third kappa shape index (κ3) is 2.31. The highest BCUT2D eigenvalue weighted by Crippen LogP contribution is 2.25. The van der Waals surface area contributed by atoms with Crippen molar-refractivity contribution in [3.05, 3.63) is 35.4 Å². The lowest BCUT2D eigenvalue weighted by atomic mass is 9.90. The van der Waals surface area contributed by atoms with E-state index >= 15 is 0 Å². The van der Waals surface area contributed by atoms with Gasteiger partial charge in [-0.15, -0.1) is 0 Å². The average Bonchev–Trinajstić information content (AvgIpc) is 2.33. The van der Waals surface area contributed by atoms with Crippen molar-refractivity contribution in [3.63, 3.8) is 0 Å². The largest absolute Gasteiger partial charge is 0.326 e. The van der Waals surface area contributed by atoms with Crippen LogP contribution in [0, 0.1) is 0 Å². The van der Waals surface area contributed by atoms with Gasteiger partial charge in [-0.2, -0.15) is 0 Å². The number of carbonyl (C=O) groups is 1. The van der Waals surface area contributed by atoms with E-state index in [1.54, 1.807) is 0 Å². The molecule has 16 heavy (non-hydrogen) atoms. The van der Waals surface area contributed by atoms with Crippen LogP contribution in [0.15, 0.2) is 24.3 Å². The van der Waals surface area contributed by atoms with Crippen LogP contribution in [0.3, 0.4) is 0 Å². The zero-order valence-corrected chi connectivity index (χ0v) is 9.52. The van der Waals surface area contributed by atoms with Crippen molar-refractivity contribution in [2.24, 2.45) is 5.73 Å². The Labute approximate surface area is 96.0 Å². The first-order chi connectivity index (χ1) is 7.70. The van der Waals surface area contributed by atoms with Crippen molar-refractivity contribution in [1.29, 1.82) is 0 Å². The quantitative estimate of drug-likeness (QED) is 0.742. The van der Waals surface area contributed by atoms with Gasteiger partial charge >= 0.3 is 0 Å². The summed E-state index contributed by atoms with van der Waals surface area (Å²) in [5.41, 5.74) is 7.88. The predicted molar refractivity (Wildman–Crippen MR) is 64.4 cm³/mol. The standard InChI is InChI=1S/C13H18N2O/c1-9-12(14)5-6-13(15-9)11-4-2-3-10(7-11)8-16/h2-4,7-9,12-13,15H,5-6,14H2,1H3. The molecule has 3 atom stereocenters. The molecule has 3 heteroatoms. The molecule has 0 radical (unpaired) electrons. The van der Waals surface area contributed by atoms with Crippen molar-refractivity contribution < 1.29 is 4.79 Å². The maximum atomic E-state index is 10.7. The zero-order valence-electron chi connectivity index (χ0n) is 9.52. The van der Waals surface area contributed by atoms with Gasteiger partial charge in [0.1, 0.15) is 6.29 Å². The number of aldehydes is 1. The van der Waals surface area contributed by atoms with Gasteiger partial charge in [0.2, 0.25) is 0 Å². The second-order valence-corrected chi connectivity index (χ2v) is 4.54. The van der Waals surface area contributed by atoms with Crippen LogP contribution in [0.25, 0.3) is 0 Å². The normalized spacial score (nSPS) is 30.0. The zero-order chi connectivity index (χ0) is 11.5. The van der Waals surface area contributed by atoms with Crippen molar-refractivity contribution >= 4 is 6.29 Å². The molecular formula is C13H18N2O. The average molecular weight is 218 g/mol. The van der Waals surface area contributed by atoms with Crippen molar-refractivity contribution in [2.75, 3.05) is 0 Å². The van der Waals surface area contributed by atoms with Gasteiger partial charge in [-0.3, -0.25) is 4.79 Å². The van der Waals surface area contributed by atoms with E-state index in [9.17, 15) is 4.79 Å². The van der Waals surface area contributed by atoms with Gasteiger partial charge in [-0.1, -0.05) is 18.2 Å². The third-order valence-electron chi connectivity index (χ3n) is 3.34. The van der Waals surface area contributed by atoms with E-state index in [1.807, 2.05) is 18.2 Å². The van der Waals surface area contributed by atoms with E-state index in [1.165, 1.54) is 5.56 Å². The number of benzene rings is 1. The first-order valence-corrected chi connectivity index (χ1v) is 5.77. The molecule has 3 N–H and O–H groups in total. The van der Waals surface area contributed by atoms with E-state index in [2.05, 4.69) is 18.3 Å². The number of hydrogen-bond donors (Lipinski definition) is 2. The predicted octanol–water partition coefficient (Wildman–Crippen LogP) is 1.64. The molecule has 1 heterocycles. The Hall–Kier alpha value is -1.19. The van der Waals surface area contributed by atoms with E-state index in [-0.39, 0.29) is 6.04 Å². The fourth-order valence-corrected chi connectivity index (χ4v) is 2.25. The van der Waals surface area contributed by atoms with Gasteiger partial charge in [0.05, 0.1) is 0 Å². The van der Waals surface area contributed by atoms with Gasteiger partial charge in [0.25, 0.3) is 0 Å². The van der Waals surface area contributed by atoms with Gasteiger partial charge in [0, 0.05) is 23.7 Å². The molecule has 3 unspecified atom stereocenters. The third-order valence-corrected chi connectivity index (χ3v) is 3.34. The maximum Gasteiger partial charge on any atom is 0.150 e. The molecule has 3 nitrogen and oxygen atoms in total. The fourth-order valence-electron chi connectivity index (χ4n) is 2.25. The van der Waals surface area contributed by atoms with E-state index in [0.29, 0.717) is 12.1 Å². The Kier molecular flexibility index (Phi) is 3.36. The fraction of sp³-hybridized carbons (Fsp3) is 0.462. The van der Waals surface area contributed by atoms with E-state index in [4.69, 9.17) is 5.73 Å². The van der Waals surface area contributed by atoms with Crippen molar-refractivity contribution in [3.8, 4) is 0 Å². The summed E-state index contributed by atoms with van der Waals surface area (Å²) >= 11 is 0. The van der Waals surface area contributed by atoms with Gasteiger partial charge in [-0.25, -0.2) is 0 Å². The van der Waals surface area contributed by atoms with Crippen LogP contribution in [0.4, 0.5) is 0 Å². The van der Waals surface area contributed by atoms with Gasteiger partial charge < -0.3 is 11.1 Å². The van der Waals surface area contributed by atoms with Gasteiger partial charge in [0.15, 0.2) is 0 Å². The number of carbonyl (C=O) groups excluding carboxylic acids is 1. The Morgan fingerprint density at radius 3 is 2.94 bits per heavy atom. The lowest BCUT2D eigenvalue weighted by Crippen LogP contribution is -2.48. The molecule has 0 aromatic heterocycles. The maximum absolute atomic E-state index is 10.7. The molecule has 0 amide bonds. The second-order valence-electron chi connectivity index (χ2n) is 4.54. The van der Waals surface area contributed by atoms with Crippen LogP contribution in [-0.2, 0) is 0 Å². The Morgan fingerprint density at radius 1 is 1.44 bits per heavy atom. The molecule has 1 aromatic rings. The molecule has 86 valence electrons. The number of rotatable bonds is 2. The first-order valence-electron chi connectivity index (χ1n) is 5.77. The molecule has 1 aliphatic rings. The highest BCUT2D eigenvalue weighted by molar-refractivity contribution is 5.75. The molecule has 1 saturated heterocycles. The summed E-state index contributed by atoms with van der Waals surface area (Å²) in [6.45, 7) is 2.11. The smallest absolute Gasteiger partial charge is 0.150 e. The number of nitrogens with two attached hydrogens (primary N) is 1. The highest BCUT2D eigenvalue weighted by Gasteiger charge is 2.24. The molecular weight excluding hydrogens is 200 g/mol. The minimum Gasteiger partial charge on any atom is -0.326 e. The van der Waals surface area contributed by atoms with E-state index < -0.39 is 0 Å². The first kappa shape index (κ1) is 11.3. The summed E-state index contributed by atoms with van der Waals surface area (Å²) in [5.74, 6) is 0. The Balaban J connectivity index is 2.15. The molecule has 0 bridgehead atoms. The minimum absolute atomic E-state index is 0.241. The van der Waals surface area contributed by atoms with Crippen LogP contribution in [0.2, 0.25) is 0 Å². The lowest BCUT2D eigenvalue weighted by Gasteiger charge is -2.33. The Morgan fingerprint density at radius 2 is 2.25 bits per heavy atom. The summed E-state index contributed by atoms with van der Waals surface area (Å²) in [6, 6.07) is 8.68. The molecule has 1 aromatic carbocycles. The van der Waals surface area contributed by atoms with Gasteiger partial charge in [-0.05, 0) is 31.4 Å². The molecule has 2 rings (SSSR count).